The summed E-state index contributed by atoms with van der Waals surface area (Å²) in [4.78, 5) is 29.1. The summed E-state index contributed by atoms with van der Waals surface area (Å²) in [5, 5.41) is 2.73. The van der Waals surface area contributed by atoms with Crippen LogP contribution < -0.4 is 15.1 Å². The minimum absolute atomic E-state index is 0.138. The number of carbonyl (C=O) groups excluding carboxylic acids is 2. The van der Waals surface area contributed by atoms with Crippen LogP contribution >= 0.6 is 0 Å². The number of carbonyl (C=O) groups is 2. The fraction of sp³-hybridized carbons (Fsp3) is 0.600. The Morgan fingerprint density at radius 1 is 1.14 bits per heavy atom. The molecule has 8 heteroatoms. The predicted molar refractivity (Wildman–Crippen MR) is 103 cm³/mol. The van der Waals surface area contributed by atoms with Crippen molar-refractivity contribution < 1.29 is 28.5 Å². The molecule has 0 aliphatic carbocycles. The molecule has 2 aliphatic heterocycles. The van der Waals surface area contributed by atoms with E-state index in [4.69, 9.17) is 4.74 Å². The van der Waals surface area contributed by atoms with Crippen molar-refractivity contribution in [1.29, 1.82) is 0 Å². The maximum Gasteiger partial charge on any atom is 0.279 e. The normalized spacial score (nSPS) is 26.1. The molecule has 28 heavy (non-hydrogen) atoms. The van der Waals surface area contributed by atoms with Gasteiger partial charge in [0, 0.05) is 5.69 Å². The second-order valence-electron chi connectivity index (χ2n) is 7.96. The fourth-order valence-electron chi connectivity index (χ4n) is 4.11. The van der Waals surface area contributed by atoms with Gasteiger partial charge in [0.2, 0.25) is 0 Å². The monoisotopic (exact) mass is 394 g/mol. The molecule has 2 fully saturated rings. The van der Waals surface area contributed by atoms with E-state index in [0.29, 0.717) is 31.9 Å². The average molecular weight is 394 g/mol. The number of hydrogen-bond donors (Lipinski definition) is 3. The van der Waals surface area contributed by atoms with Gasteiger partial charge in [-0.05, 0) is 32.0 Å². The van der Waals surface area contributed by atoms with Crippen molar-refractivity contribution in [3.63, 3.8) is 0 Å². The Balaban J connectivity index is 1.40. The highest BCUT2D eigenvalue weighted by Gasteiger charge is 2.31. The number of rotatable bonds is 5. The quantitative estimate of drug-likeness (QED) is 0.551. The lowest BCUT2D eigenvalue weighted by atomic mass is 10.2. The van der Waals surface area contributed by atoms with E-state index in [9.17, 15) is 14.0 Å². The first-order valence-corrected chi connectivity index (χ1v) is 10.0. The van der Waals surface area contributed by atoms with Crippen LogP contribution in [0.3, 0.4) is 0 Å². The highest BCUT2D eigenvalue weighted by Crippen LogP contribution is 2.08. The second kappa shape index (κ2) is 9.45. The summed E-state index contributed by atoms with van der Waals surface area (Å²) >= 11 is 0. The largest absolute Gasteiger partial charge is 0.364 e. The van der Waals surface area contributed by atoms with E-state index >= 15 is 0 Å². The van der Waals surface area contributed by atoms with Crippen molar-refractivity contribution in [2.24, 2.45) is 0 Å². The molecule has 154 valence electrons. The zero-order chi connectivity index (χ0) is 20.1. The molecule has 2 heterocycles. The first kappa shape index (κ1) is 20.7. The van der Waals surface area contributed by atoms with Crippen LogP contribution in [0.5, 0.6) is 0 Å². The smallest absolute Gasteiger partial charge is 0.279 e. The number of halogens is 1. The number of nitrogens with one attached hydrogen (secondary N) is 3. The summed E-state index contributed by atoms with van der Waals surface area (Å²) in [7, 11) is 0. The van der Waals surface area contributed by atoms with Crippen LogP contribution in [-0.4, -0.2) is 81.3 Å². The Morgan fingerprint density at radius 3 is 2.46 bits per heavy atom. The molecule has 2 aliphatic rings. The Morgan fingerprint density at radius 2 is 1.82 bits per heavy atom. The van der Waals surface area contributed by atoms with Gasteiger partial charge in [-0.2, -0.15) is 0 Å². The SMILES string of the molecule is C[C@@H]1C[NH+](CC(=O)N2CC[NH+](CC(=O)Nc3cccc(F)c3)CC2)C[C@@H](C)O1. The number of hydrogen-bond acceptors (Lipinski definition) is 3. The molecule has 2 atom stereocenters. The van der Waals surface area contributed by atoms with Crippen LogP contribution in [0.25, 0.3) is 0 Å². The predicted octanol–water partition coefficient (Wildman–Crippen LogP) is -1.82. The number of piperazine rings is 1. The highest BCUT2D eigenvalue weighted by molar-refractivity contribution is 5.91. The van der Waals surface area contributed by atoms with E-state index in [1.165, 1.54) is 17.0 Å². The molecule has 0 radical (unpaired) electrons. The molecule has 3 N–H and O–H groups in total. The van der Waals surface area contributed by atoms with Gasteiger partial charge in [0.25, 0.3) is 11.8 Å². The molecule has 7 nitrogen and oxygen atoms in total. The number of amides is 2. The zero-order valence-corrected chi connectivity index (χ0v) is 16.7. The zero-order valence-electron chi connectivity index (χ0n) is 16.7. The Bertz CT molecular complexity index is 684. The van der Waals surface area contributed by atoms with Gasteiger partial charge >= 0.3 is 0 Å². The summed E-state index contributed by atoms with van der Waals surface area (Å²) in [6, 6.07) is 5.89. The third kappa shape index (κ3) is 5.98. The molecule has 1 aromatic rings. The number of nitrogens with zero attached hydrogens (tertiary/aromatic N) is 1. The van der Waals surface area contributed by atoms with Gasteiger partial charge in [-0.25, -0.2) is 4.39 Å². The molecule has 0 saturated carbocycles. The van der Waals surface area contributed by atoms with Crippen molar-refractivity contribution in [2.75, 3.05) is 57.7 Å². The van der Waals surface area contributed by atoms with E-state index in [1.807, 2.05) is 4.90 Å². The molecule has 2 amide bonds. The number of anilines is 1. The highest BCUT2D eigenvalue weighted by atomic mass is 19.1. The molecular weight excluding hydrogens is 363 g/mol. The lowest BCUT2D eigenvalue weighted by Crippen LogP contribution is -3.17. The molecule has 0 aromatic heterocycles. The van der Waals surface area contributed by atoms with Gasteiger partial charge in [-0.3, -0.25) is 9.59 Å². The molecule has 2 saturated heterocycles. The summed E-state index contributed by atoms with van der Waals surface area (Å²) in [6.45, 7) is 9.47. The number of quaternary nitrogens is 2. The number of morpholine rings is 1. The maximum atomic E-state index is 13.2. The van der Waals surface area contributed by atoms with Gasteiger partial charge in [0.05, 0.1) is 26.2 Å². The van der Waals surface area contributed by atoms with Crippen molar-refractivity contribution in [3.8, 4) is 0 Å². The van der Waals surface area contributed by atoms with E-state index in [-0.39, 0.29) is 29.8 Å². The molecular formula is C20H31FN4O3+2. The second-order valence-corrected chi connectivity index (χ2v) is 7.96. The van der Waals surface area contributed by atoms with Crippen LogP contribution in [0.1, 0.15) is 13.8 Å². The summed E-state index contributed by atoms with van der Waals surface area (Å²) < 4.78 is 18.9. The van der Waals surface area contributed by atoms with E-state index < -0.39 is 0 Å². The van der Waals surface area contributed by atoms with Crippen LogP contribution in [0.15, 0.2) is 24.3 Å². The van der Waals surface area contributed by atoms with Crippen molar-refractivity contribution >= 4 is 17.5 Å². The Kier molecular flexibility index (Phi) is 6.98. The van der Waals surface area contributed by atoms with Crippen molar-refractivity contribution in [1.82, 2.24) is 4.90 Å². The van der Waals surface area contributed by atoms with E-state index in [2.05, 4.69) is 19.2 Å². The minimum Gasteiger partial charge on any atom is -0.364 e. The first-order valence-electron chi connectivity index (χ1n) is 10.0. The summed E-state index contributed by atoms with van der Waals surface area (Å²) in [6.07, 6.45) is 0.369. The van der Waals surface area contributed by atoms with Crippen LogP contribution in [0.4, 0.5) is 10.1 Å². The number of benzene rings is 1. The minimum atomic E-state index is -0.372. The van der Waals surface area contributed by atoms with E-state index in [0.717, 1.165) is 31.1 Å². The summed E-state index contributed by atoms with van der Waals surface area (Å²) in [5.74, 6) is -0.330. The molecule has 1 aromatic carbocycles. The average Bonchev–Trinajstić information content (AvgIpc) is 2.61. The third-order valence-electron chi connectivity index (χ3n) is 5.36. The maximum absolute atomic E-state index is 13.2. The molecule has 3 rings (SSSR count). The van der Waals surface area contributed by atoms with Crippen LogP contribution in [-0.2, 0) is 14.3 Å². The fourth-order valence-corrected chi connectivity index (χ4v) is 4.11. The van der Waals surface area contributed by atoms with Gasteiger partial charge in [0.15, 0.2) is 13.1 Å². The summed E-state index contributed by atoms with van der Waals surface area (Å²) in [5.41, 5.74) is 0.468. The lowest BCUT2D eigenvalue weighted by molar-refractivity contribution is -0.908. The van der Waals surface area contributed by atoms with E-state index in [1.54, 1.807) is 12.1 Å². The van der Waals surface area contributed by atoms with Gasteiger partial charge in [-0.1, -0.05) is 6.07 Å². The Hall–Kier alpha value is -2.03. The van der Waals surface area contributed by atoms with Crippen LogP contribution in [0.2, 0.25) is 0 Å². The van der Waals surface area contributed by atoms with Gasteiger partial charge in [-0.15, -0.1) is 0 Å². The first-order chi connectivity index (χ1) is 13.4. The third-order valence-corrected chi connectivity index (χ3v) is 5.36. The standard InChI is InChI=1S/C20H29FN4O3/c1-15-11-24(12-16(2)28-15)14-20(27)25-8-6-23(7-9-25)13-19(26)22-18-5-3-4-17(21)10-18/h3-5,10,15-16H,6-9,11-14H2,1-2H3,(H,22,26)/p+2/t15-,16-/m1/s1. The van der Waals surface area contributed by atoms with Gasteiger partial charge < -0.3 is 24.8 Å². The molecule has 0 unspecified atom stereocenters. The van der Waals surface area contributed by atoms with Crippen LogP contribution in [0, 0.1) is 5.82 Å². The molecule has 0 bridgehead atoms. The number of ether oxygens (including phenoxy) is 1. The van der Waals surface area contributed by atoms with Crippen molar-refractivity contribution in [3.05, 3.63) is 30.1 Å². The Labute approximate surface area is 165 Å². The molecule has 0 spiro atoms. The van der Waals surface area contributed by atoms with Crippen molar-refractivity contribution in [2.45, 2.75) is 26.1 Å². The lowest BCUT2D eigenvalue weighted by Gasteiger charge is -2.35. The topological polar surface area (TPSA) is 67.5 Å². The van der Waals surface area contributed by atoms with Gasteiger partial charge in [0.1, 0.15) is 31.1 Å².